The molecule has 0 spiro atoms. The van der Waals surface area contributed by atoms with Crippen LogP contribution in [0.1, 0.15) is 23.1 Å². The second kappa shape index (κ2) is 11.2. The fourth-order valence-electron chi connectivity index (χ4n) is 2.76. The van der Waals surface area contributed by atoms with Gasteiger partial charge in [0.25, 0.3) is 5.91 Å². The predicted octanol–water partition coefficient (Wildman–Crippen LogP) is 2.88. The minimum Gasteiger partial charge on any atom is -0.497 e. The quantitative estimate of drug-likeness (QED) is 0.453. The molecule has 2 aromatic carbocycles. The molecule has 3 rings (SSSR count). The van der Waals surface area contributed by atoms with Gasteiger partial charge < -0.3 is 24.7 Å². The zero-order valence-electron chi connectivity index (χ0n) is 18.1. The van der Waals surface area contributed by atoms with Crippen molar-refractivity contribution in [2.24, 2.45) is 7.05 Å². The molecule has 10 heteroatoms. The number of amides is 2. The van der Waals surface area contributed by atoms with Gasteiger partial charge in [-0.15, -0.1) is 10.2 Å². The van der Waals surface area contributed by atoms with Crippen LogP contribution in [0.25, 0.3) is 0 Å². The molecule has 0 atom stereocenters. The molecule has 0 aliphatic carbocycles. The summed E-state index contributed by atoms with van der Waals surface area (Å²) in [4.78, 5) is 24.6. The number of nitrogens with one attached hydrogen (secondary N) is 2. The number of hydrogen-bond donors (Lipinski definition) is 2. The molecule has 0 saturated carbocycles. The second-order valence-corrected chi connectivity index (χ2v) is 7.61. The average Bonchev–Trinajstić information content (AvgIpc) is 3.17. The van der Waals surface area contributed by atoms with Crippen molar-refractivity contribution >= 4 is 29.3 Å². The van der Waals surface area contributed by atoms with Crippen LogP contribution >= 0.6 is 11.8 Å². The van der Waals surface area contributed by atoms with Crippen LogP contribution in [-0.4, -0.2) is 46.0 Å². The average molecular weight is 456 g/mol. The van der Waals surface area contributed by atoms with Gasteiger partial charge >= 0.3 is 0 Å². The van der Waals surface area contributed by atoms with Gasteiger partial charge in [-0.05, 0) is 55.5 Å². The maximum absolute atomic E-state index is 12.3. The van der Waals surface area contributed by atoms with Crippen molar-refractivity contribution in [2.45, 2.75) is 18.6 Å². The monoisotopic (exact) mass is 455 g/mol. The molecule has 0 bridgehead atoms. The van der Waals surface area contributed by atoms with Crippen LogP contribution in [0, 0.1) is 0 Å². The van der Waals surface area contributed by atoms with Gasteiger partial charge in [-0.25, -0.2) is 0 Å². The van der Waals surface area contributed by atoms with Gasteiger partial charge in [-0.2, -0.15) is 0 Å². The summed E-state index contributed by atoms with van der Waals surface area (Å²) in [5.41, 5.74) is 1.22. The Bertz CT molecular complexity index is 1050. The molecular weight excluding hydrogens is 430 g/mol. The Labute approximate surface area is 190 Å². The van der Waals surface area contributed by atoms with Gasteiger partial charge in [-0.3, -0.25) is 9.59 Å². The third-order valence-corrected chi connectivity index (χ3v) is 5.49. The number of hydrogen-bond acceptors (Lipinski definition) is 7. The van der Waals surface area contributed by atoms with E-state index in [2.05, 4.69) is 20.8 Å². The first-order chi connectivity index (χ1) is 15.5. The number of methoxy groups -OCH3 is 1. The first-order valence-corrected chi connectivity index (χ1v) is 10.9. The fourth-order valence-corrected chi connectivity index (χ4v) is 3.49. The van der Waals surface area contributed by atoms with Crippen LogP contribution in [0.2, 0.25) is 0 Å². The van der Waals surface area contributed by atoms with E-state index in [-0.39, 0.29) is 24.1 Å². The zero-order valence-corrected chi connectivity index (χ0v) is 18.9. The zero-order chi connectivity index (χ0) is 22.9. The van der Waals surface area contributed by atoms with E-state index >= 15 is 0 Å². The van der Waals surface area contributed by atoms with Crippen LogP contribution in [0.5, 0.6) is 11.5 Å². The third-order valence-electron chi connectivity index (χ3n) is 4.47. The molecule has 2 amide bonds. The third kappa shape index (κ3) is 6.24. The number of benzene rings is 2. The van der Waals surface area contributed by atoms with Crippen LogP contribution in [-0.2, 0) is 18.4 Å². The topological polar surface area (TPSA) is 107 Å². The molecule has 168 valence electrons. The summed E-state index contributed by atoms with van der Waals surface area (Å²) in [6.45, 7) is 2.72. The van der Waals surface area contributed by atoms with Gasteiger partial charge in [-0.1, -0.05) is 11.8 Å². The van der Waals surface area contributed by atoms with E-state index in [0.717, 1.165) is 5.75 Å². The molecule has 0 aliphatic rings. The van der Waals surface area contributed by atoms with Crippen LogP contribution in [0.15, 0.2) is 53.7 Å². The molecule has 9 nitrogen and oxygen atoms in total. The fraction of sp³-hybridized carbons (Fsp3) is 0.273. The highest BCUT2D eigenvalue weighted by molar-refractivity contribution is 7.99. The summed E-state index contributed by atoms with van der Waals surface area (Å²) in [5.74, 6) is 1.82. The largest absolute Gasteiger partial charge is 0.497 e. The Hall–Kier alpha value is -3.53. The molecule has 0 saturated heterocycles. The lowest BCUT2D eigenvalue weighted by molar-refractivity contribution is -0.113. The lowest BCUT2D eigenvalue weighted by Crippen LogP contribution is -2.24. The Morgan fingerprint density at radius 1 is 1.03 bits per heavy atom. The summed E-state index contributed by atoms with van der Waals surface area (Å²) >= 11 is 1.27. The molecule has 32 heavy (non-hydrogen) atoms. The maximum Gasteiger partial charge on any atom is 0.251 e. The van der Waals surface area contributed by atoms with Crippen LogP contribution in [0.4, 0.5) is 5.69 Å². The lowest BCUT2D eigenvalue weighted by atomic mass is 10.2. The van der Waals surface area contributed by atoms with E-state index in [1.54, 1.807) is 67.3 Å². The predicted molar refractivity (Wildman–Crippen MR) is 122 cm³/mol. The van der Waals surface area contributed by atoms with Crippen molar-refractivity contribution in [1.29, 1.82) is 0 Å². The van der Waals surface area contributed by atoms with E-state index in [9.17, 15) is 9.59 Å². The molecule has 0 aliphatic heterocycles. The van der Waals surface area contributed by atoms with E-state index < -0.39 is 0 Å². The van der Waals surface area contributed by atoms with Gasteiger partial charge in [0, 0.05) is 18.3 Å². The molecule has 0 radical (unpaired) electrons. The molecule has 1 aromatic heterocycles. The number of anilines is 1. The highest BCUT2D eigenvalue weighted by Gasteiger charge is 2.13. The Kier molecular flexibility index (Phi) is 8.09. The Balaban J connectivity index is 1.48. The number of rotatable bonds is 10. The summed E-state index contributed by atoms with van der Waals surface area (Å²) in [5, 5.41) is 14.5. The van der Waals surface area contributed by atoms with Crippen LogP contribution < -0.4 is 20.1 Å². The van der Waals surface area contributed by atoms with Crippen molar-refractivity contribution in [1.82, 2.24) is 20.1 Å². The van der Waals surface area contributed by atoms with Gasteiger partial charge in [0.15, 0.2) is 11.0 Å². The number of carbonyl (C=O) groups is 2. The van der Waals surface area contributed by atoms with E-state index in [4.69, 9.17) is 9.47 Å². The summed E-state index contributed by atoms with van der Waals surface area (Å²) in [6.07, 6.45) is 0. The first kappa shape index (κ1) is 23.1. The number of ether oxygens (including phenoxy) is 2. The van der Waals surface area contributed by atoms with Crippen molar-refractivity contribution in [3.05, 3.63) is 59.9 Å². The number of carbonyl (C=O) groups excluding carboxylic acids is 2. The Morgan fingerprint density at radius 3 is 2.38 bits per heavy atom. The SMILES string of the molecule is CCOc1ccc(NC(=O)CSc2nnc(CNC(=O)c3ccc(OC)cc3)n2C)cc1. The number of nitrogens with zero attached hydrogens (tertiary/aromatic N) is 3. The minimum absolute atomic E-state index is 0.156. The maximum atomic E-state index is 12.3. The molecule has 0 fully saturated rings. The molecule has 0 unspecified atom stereocenters. The standard InChI is InChI=1S/C22H25N5O4S/c1-4-31-18-11-7-16(8-12-18)24-20(28)14-32-22-26-25-19(27(22)2)13-23-21(29)15-5-9-17(30-3)10-6-15/h5-12H,4,13-14H2,1-3H3,(H,23,29)(H,24,28). The minimum atomic E-state index is -0.223. The summed E-state index contributed by atoms with van der Waals surface area (Å²) < 4.78 is 12.2. The van der Waals surface area contributed by atoms with Crippen molar-refractivity contribution in [2.75, 3.05) is 24.8 Å². The second-order valence-electron chi connectivity index (χ2n) is 6.66. The number of aromatic nitrogens is 3. The molecule has 2 N–H and O–H groups in total. The highest BCUT2D eigenvalue weighted by atomic mass is 32.2. The van der Waals surface area contributed by atoms with Crippen molar-refractivity contribution < 1.29 is 19.1 Å². The Morgan fingerprint density at radius 2 is 1.72 bits per heavy atom. The molecule has 3 aromatic rings. The van der Waals surface area contributed by atoms with Gasteiger partial charge in [0.05, 0.1) is 26.0 Å². The molecular formula is C22H25N5O4S. The van der Waals surface area contributed by atoms with Crippen LogP contribution in [0.3, 0.4) is 0 Å². The van der Waals surface area contributed by atoms with E-state index in [0.29, 0.717) is 34.6 Å². The first-order valence-electron chi connectivity index (χ1n) is 9.96. The van der Waals surface area contributed by atoms with Gasteiger partial charge in [0.2, 0.25) is 5.91 Å². The number of thioether (sulfide) groups is 1. The smallest absolute Gasteiger partial charge is 0.251 e. The summed E-state index contributed by atoms with van der Waals surface area (Å²) in [7, 11) is 3.37. The van der Waals surface area contributed by atoms with E-state index in [1.807, 2.05) is 6.92 Å². The molecule has 1 heterocycles. The lowest BCUT2D eigenvalue weighted by Gasteiger charge is -2.08. The van der Waals surface area contributed by atoms with Crippen molar-refractivity contribution in [3.63, 3.8) is 0 Å². The van der Waals surface area contributed by atoms with Crippen molar-refractivity contribution in [3.8, 4) is 11.5 Å². The van der Waals surface area contributed by atoms with E-state index in [1.165, 1.54) is 11.8 Å². The summed E-state index contributed by atoms with van der Waals surface area (Å²) in [6, 6.07) is 14.0. The highest BCUT2D eigenvalue weighted by Crippen LogP contribution is 2.18. The van der Waals surface area contributed by atoms with Gasteiger partial charge in [0.1, 0.15) is 11.5 Å². The normalized spacial score (nSPS) is 10.5.